The molecule has 0 spiro atoms. The molecule has 0 fully saturated rings. The Hall–Kier alpha value is -0.780. The van der Waals surface area contributed by atoms with E-state index in [0.717, 1.165) is 33.7 Å². The zero-order chi connectivity index (χ0) is 14.7. The molecule has 2 aromatic rings. The lowest BCUT2D eigenvalue weighted by Gasteiger charge is -2.18. The number of hydrogen-bond acceptors (Lipinski definition) is 3. The molecule has 0 radical (unpaired) electrons. The number of nitrogens with one attached hydrogen (secondary N) is 1. The summed E-state index contributed by atoms with van der Waals surface area (Å²) in [5.74, 6) is -0.225. The van der Waals surface area contributed by atoms with Crippen molar-refractivity contribution in [3.8, 4) is 0 Å². The van der Waals surface area contributed by atoms with Gasteiger partial charge in [-0.15, -0.1) is 11.3 Å². The van der Waals surface area contributed by atoms with Gasteiger partial charge in [-0.3, -0.25) is 0 Å². The van der Waals surface area contributed by atoms with Crippen LogP contribution >= 0.6 is 27.3 Å². The van der Waals surface area contributed by atoms with E-state index in [9.17, 15) is 4.39 Å². The lowest BCUT2D eigenvalue weighted by Crippen LogP contribution is -2.23. The van der Waals surface area contributed by atoms with Crippen LogP contribution in [-0.4, -0.2) is 11.5 Å². The first-order valence-corrected chi connectivity index (χ1v) is 8.26. The van der Waals surface area contributed by atoms with E-state index in [1.807, 2.05) is 6.92 Å². The Balaban J connectivity index is 2.43. The van der Waals surface area contributed by atoms with Gasteiger partial charge in [-0.2, -0.15) is 0 Å². The van der Waals surface area contributed by atoms with Crippen LogP contribution in [0, 0.1) is 19.7 Å². The zero-order valence-electron chi connectivity index (χ0n) is 11.8. The fourth-order valence-corrected chi connectivity index (χ4v) is 3.47. The predicted molar refractivity (Wildman–Crippen MR) is 85.8 cm³/mol. The van der Waals surface area contributed by atoms with Crippen LogP contribution in [0.3, 0.4) is 0 Å². The van der Waals surface area contributed by atoms with E-state index in [1.165, 1.54) is 10.9 Å². The summed E-state index contributed by atoms with van der Waals surface area (Å²) in [5.41, 5.74) is 1.94. The SMILES string of the molecule is CCCNC(c1nc(C)c(C)s1)c1cc(F)ccc1Br. The highest BCUT2D eigenvalue weighted by Gasteiger charge is 2.21. The summed E-state index contributed by atoms with van der Waals surface area (Å²) >= 11 is 5.18. The number of rotatable bonds is 5. The molecule has 20 heavy (non-hydrogen) atoms. The summed E-state index contributed by atoms with van der Waals surface area (Å²) in [7, 11) is 0. The van der Waals surface area contributed by atoms with E-state index in [2.05, 4.69) is 40.1 Å². The van der Waals surface area contributed by atoms with Gasteiger partial charge in [0.15, 0.2) is 0 Å². The largest absolute Gasteiger partial charge is 0.304 e. The maximum atomic E-state index is 13.6. The van der Waals surface area contributed by atoms with Gasteiger partial charge in [0, 0.05) is 9.35 Å². The number of benzene rings is 1. The third-order valence-corrected chi connectivity index (χ3v) is 5.02. The second-order valence-corrected chi connectivity index (χ2v) is 6.84. The van der Waals surface area contributed by atoms with Crippen LogP contribution in [0.2, 0.25) is 0 Å². The van der Waals surface area contributed by atoms with Crippen LogP contribution in [0.5, 0.6) is 0 Å². The van der Waals surface area contributed by atoms with Crippen molar-refractivity contribution in [2.75, 3.05) is 6.54 Å². The van der Waals surface area contributed by atoms with Crippen LogP contribution < -0.4 is 5.32 Å². The predicted octanol–water partition coefficient (Wildman–Crippen LogP) is 4.75. The molecular weight excluding hydrogens is 339 g/mol. The summed E-state index contributed by atoms with van der Waals surface area (Å²) in [4.78, 5) is 5.83. The molecule has 1 heterocycles. The molecule has 1 N–H and O–H groups in total. The smallest absolute Gasteiger partial charge is 0.123 e. The third kappa shape index (κ3) is 3.45. The number of thiazole rings is 1. The Bertz CT molecular complexity index is 578. The Morgan fingerprint density at radius 3 is 2.75 bits per heavy atom. The lowest BCUT2D eigenvalue weighted by atomic mass is 10.1. The second kappa shape index (κ2) is 6.78. The van der Waals surface area contributed by atoms with E-state index >= 15 is 0 Å². The molecule has 0 saturated carbocycles. The summed E-state index contributed by atoms with van der Waals surface area (Å²) in [6, 6.07) is 4.71. The van der Waals surface area contributed by atoms with Crippen LogP contribution in [0.15, 0.2) is 22.7 Å². The molecule has 1 aromatic carbocycles. The molecule has 0 aliphatic rings. The molecule has 0 saturated heterocycles. The number of aryl methyl sites for hydroxylation is 2. The maximum Gasteiger partial charge on any atom is 0.123 e. The van der Waals surface area contributed by atoms with Crippen molar-refractivity contribution in [3.63, 3.8) is 0 Å². The lowest BCUT2D eigenvalue weighted by molar-refractivity contribution is 0.581. The molecule has 5 heteroatoms. The van der Waals surface area contributed by atoms with Gasteiger partial charge in [-0.05, 0) is 50.6 Å². The quantitative estimate of drug-likeness (QED) is 0.835. The van der Waals surface area contributed by atoms with E-state index in [-0.39, 0.29) is 11.9 Å². The van der Waals surface area contributed by atoms with Gasteiger partial charge in [0.1, 0.15) is 10.8 Å². The van der Waals surface area contributed by atoms with Gasteiger partial charge in [0.25, 0.3) is 0 Å². The average Bonchev–Trinajstić information content (AvgIpc) is 2.74. The minimum absolute atomic E-state index is 0.0718. The van der Waals surface area contributed by atoms with E-state index in [4.69, 9.17) is 0 Å². The highest BCUT2D eigenvalue weighted by Crippen LogP contribution is 2.32. The summed E-state index contributed by atoms with van der Waals surface area (Å²) in [6.07, 6.45) is 1.02. The van der Waals surface area contributed by atoms with Crippen molar-refractivity contribution >= 4 is 27.3 Å². The van der Waals surface area contributed by atoms with Crippen molar-refractivity contribution < 1.29 is 4.39 Å². The van der Waals surface area contributed by atoms with E-state index < -0.39 is 0 Å². The second-order valence-electron chi connectivity index (χ2n) is 4.75. The van der Waals surface area contributed by atoms with Gasteiger partial charge >= 0.3 is 0 Å². The van der Waals surface area contributed by atoms with Crippen LogP contribution in [-0.2, 0) is 0 Å². The van der Waals surface area contributed by atoms with Crippen LogP contribution in [0.1, 0.15) is 40.5 Å². The number of aromatic nitrogens is 1. The molecular formula is C15H18BrFN2S. The van der Waals surface area contributed by atoms with E-state index in [0.29, 0.717) is 0 Å². The molecule has 2 nitrogen and oxygen atoms in total. The molecule has 108 valence electrons. The zero-order valence-corrected chi connectivity index (χ0v) is 14.2. The topological polar surface area (TPSA) is 24.9 Å². The molecule has 1 aromatic heterocycles. The first-order valence-electron chi connectivity index (χ1n) is 6.65. The van der Waals surface area contributed by atoms with Gasteiger partial charge < -0.3 is 5.32 Å². The minimum Gasteiger partial charge on any atom is -0.304 e. The Morgan fingerprint density at radius 1 is 1.40 bits per heavy atom. The minimum atomic E-state index is -0.225. The van der Waals surface area contributed by atoms with E-state index in [1.54, 1.807) is 23.5 Å². The van der Waals surface area contributed by atoms with Crippen molar-refractivity contribution in [1.82, 2.24) is 10.3 Å². The molecule has 1 unspecified atom stereocenters. The normalized spacial score (nSPS) is 12.7. The van der Waals surface area contributed by atoms with Gasteiger partial charge in [-0.25, -0.2) is 9.37 Å². The average molecular weight is 357 g/mol. The highest BCUT2D eigenvalue weighted by molar-refractivity contribution is 9.10. The summed E-state index contributed by atoms with van der Waals surface area (Å²) in [5, 5.41) is 4.45. The van der Waals surface area contributed by atoms with Crippen molar-refractivity contribution in [1.29, 1.82) is 0 Å². The van der Waals surface area contributed by atoms with Gasteiger partial charge in [0.05, 0.1) is 11.7 Å². The number of halogens is 2. The van der Waals surface area contributed by atoms with Gasteiger partial charge in [0.2, 0.25) is 0 Å². The Kier molecular flexibility index (Phi) is 5.29. The van der Waals surface area contributed by atoms with Gasteiger partial charge in [-0.1, -0.05) is 22.9 Å². The monoisotopic (exact) mass is 356 g/mol. The molecule has 0 aliphatic heterocycles. The number of hydrogen-bond donors (Lipinski definition) is 1. The Labute approximate surface area is 131 Å². The van der Waals surface area contributed by atoms with Crippen molar-refractivity contribution in [2.45, 2.75) is 33.2 Å². The molecule has 0 amide bonds. The van der Waals surface area contributed by atoms with Crippen LogP contribution in [0.4, 0.5) is 4.39 Å². The fourth-order valence-electron chi connectivity index (χ4n) is 1.98. The molecule has 0 aliphatic carbocycles. The van der Waals surface area contributed by atoms with Crippen molar-refractivity contribution in [2.24, 2.45) is 0 Å². The first kappa shape index (κ1) is 15.6. The fraction of sp³-hybridized carbons (Fsp3) is 0.400. The summed E-state index contributed by atoms with van der Waals surface area (Å²) < 4.78 is 14.5. The van der Waals surface area contributed by atoms with Crippen molar-refractivity contribution in [3.05, 3.63) is 49.6 Å². The van der Waals surface area contributed by atoms with Crippen LogP contribution in [0.25, 0.3) is 0 Å². The maximum absolute atomic E-state index is 13.6. The third-order valence-electron chi connectivity index (χ3n) is 3.16. The molecule has 1 atom stereocenters. The standard InChI is InChI=1S/C15H18BrFN2S/c1-4-7-18-14(15-19-9(2)10(3)20-15)12-8-11(17)5-6-13(12)16/h5-6,8,14,18H,4,7H2,1-3H3. The molecule has 0 bridgehead atoms. The first-order chi connectivity index (χ1) is 9.52. The highest BCUT2D eigenvalue weighted by atomic mass is 79.9. The Morgan fingerprint density at radius 2 is 2.15 bits per heavy atom. The summed E-state index contributed by atoms with van der Waals surface area (Å²) in [6.45, 7) is 7.05. The molecule has 2 rings (SSSR count). The number of nitrogens with zero attached hydrogens (tertiary/aromatic N) is 1.